The van der Waals surface area contributed by atoms with Gasteiger partial charge in [-0.25, -0.2) is 4.98 Å². The number of rotatable bonds is 6. The lowest BCUT2D eigenvalue weighted by molar-refractivity contribution is -0.135. The first-order valence-electron chi connectivity index (χ1n) is 9.10. The standard InChI is InChI=1S/C20H24N4O3/c21-18-7-6-16(14-22-18)23-20(26)15-8-11-24(12-9-15)19(25)10-13-27-17-4-2-1-3-5-17/h1-7,14-15H,8-13H2,(H2,21,22)(H,23,26). The third kappa shape index (κ3) is 5.44. The molecular weight excluding hydrogens is 344 g/mol. The Hall–Kier alpha value is -3.09. The minimum Gasteiger partial charge on any atom is -0.493 e. The fraction of sp³-hybridized carbons (Fsp3) is 0.350. The average molecular weight is 368 g/mol. The van der Waals surface area contributed by atoms with Crippen LogP contribution in [0.5, 0.6) is 5.75 Å². The van der Waals surface area contributed by atoms with Gasteiger partial charge in [-0.2, -0.15) is 0 Å². The third-order valence-electron chi connectivity index (χ3n) is 4.60. The van der Waals surface area contributed by atoms with Gasteiger partial charge in [0.1, 0.15) is 11.6 Å². The molecule has 1 aliphatic heterocycles. The van der Waals surface area contributed by atoms with E-state index in [1.807, 2.05) is 35.2 Å². The number of aromatic nitrogens is 1. The SMILES string of the molecule is Nc1ccc(NC(=O)C2CCN(C(=O)CCOc3ccccc3)CC2)cn1. The van der Waals surface area contributed by atoms with Gasteiger partial charge in [0, 0.05) is 19.0 Å². The van der Waals surface area contributed by atoms with Gasteiger partial charge in [-0.3, -0.25) is 9.59 Å². The first-order valence-corrected chi connectivity index (χ1v) is 9.10. The van der Waals surface area contributed by atoms with Crippen LogP contribution >= 0.6 is 0 Å². The summed E-state index contributed by atoms with van der Waals surface area (Å²) in [5.41, 5.74) is 6.17. The van der Waals surface area contributed by atoms with Crippen LogP contribution in [0.2, 0.25) is 0 Å². The molecule has 0 spiro atoms. The molecule has 1 aromatic heterocycles. The molecule has 27 heavy (non-hydrogen) atoms. The van der Waals surface area contributed by atoms with E-state index in [0.29, 0.717) is 50.5 Å². The number of likely N-dealkylation sites (tertiary alicyclic amines) is 1. The second kappa shape index (κ2) is 9.02. The predicted octanol–water partition coefficient (Wildman–Crippen LogP) is 2.31. The molecule has 1 fully saturated rings. The average Bonchev–Trinajstić information content (AvgIpc) is 2.70. The van der Waals surface area contributed by atoms with E-state index >= 15 is 0 Å². The Morgan fingerprint density at radius 1 is 1.15 bits per heavy atom. The van der Waals surface area contributed by atoms with Crippen molar-refractivity contribution < 1.29 is 14.3 Å². The van der Waals surface area contributed by atoms with Crippen LogP contribution in [-0.4, -0.2) is 41.4 Å². The highest BCUT2D eigenvalue weighted by Crippen LogP contribution is 2.20. The Morgan fingerprint density at radius 3 is 2.56 bits per heavy atom. The number of amides is 2. The van der Waals surface area contributed by atoms with Crippen LogP contribution in [0.15, 0.2) is 48.7 Å². The Balaban J connectivity index is 1.39. The maximum atomic E-state index is 12.4. The summed E-state index contributed by atoms with van der Waals surface area (Å²) in [6.45, 7) is 1.53. The summed E-state index contributed by atoms with van der Waals surface area (Å²) in [5, 5.41) is 2.85. The van der Waals surface area contributed by atoms with Crippen molar-refractivity contribution in [3.63, 3.8) is 0 Å². The number of anilines is 2. The molecule has 3 N–H and O–H groups in total. The number of para-hydroxylation sites is 1. The lowest BCUT2D eigenvalue weighted by atomic mass is 9.95. The quantitative estimate of drug-likeness (QED) is 0.815. The van der Waals surface area contributed by atoms with Gasteiger partial charge in [0.15, 0.2) is 0 Å². The van der Waals surface area contributed by atoms with Crippen molar-refractivity contribution in [2.45, 2.75) is 19.3 Å². The van der Waals surface area contributed by atoms with Crippen LogP contribution in [0.25, 0.3) is 0 Å². The molecule has 2 aromatic rings. The number of piperidine rings is 1. The van der Waals surface area contributed by atoms with E-state index in [2.05, 4.69) is 10.3 Å². The minimum atomic E-state index is -0.104. The number of nitrogens with zero attached hydrogens (tertiary/aromatic N) is 2. The topological polar surface area (TPSA) is 97.6 Å². The zero-order valence-corrected chi connectivity index (χ0v) is 15.1. The number of nitrogen functional groups attached to an aromatic ring is 1. The van der Waals surface area contributed by atoms with Crippen molar-refractivity contribution in [1.29, 1.82) is 0 Å². The summed E-state index contributed by atoms with van der Waals surface area (Å²) < 4.78 is 5.58. The van der Waals surface area contributed by atoms with Crippen molar-refractivity contribution >= 4 is 23.3 Å². The number of nitrogens with two attached hydrogens (primary N) is 1. The monoisotopic (exact) mass is 368 g/mol. The summed E-state index contributed by atoms with van der Waals surface area (Å²) in [6.07, 6.45) is 3.18. The molecule has 0 unspecified atom stereocenters. The van der Waals surface area contributed by atoms with Crippen LogP contribution in [0.4, 0.5) is 11.5 Å². The fourth-order valence-corrected chi connectivity index (χ4v) is 3.05. The third-order valence-corrected chi connectivity index (χ3v) is 4.60. The van der Waals surface area contributed by atoms with Crippen molar-refractivity contribution in [3.8, 4) is 5.75 Å². The summed E-state index contributed by atoms with van der Waals surface area (Å²) in [4.78, 5) is 30.4. The molecule has 3 rings (SSSR count). The van der Waals surface area contributed by atoms with E-state index in [9.17, 15) is 9.59 Å². The van der Waals surface area contributed by atoms with Gasteiger partial charge < -0.3 is 20.7 Å². The normalized spacial score (nSPS) is 14.6. The highest BCUT2D eigenvalue weighted by molar-refractivity contribution is 5.92. The molecule has 142 valence electrons. The number of carbonyl (C=O) groups is 2. The van der Waals surface area contributed by atoms with Crippen molar-refractivity contribution in [1.82, 2.24) is 9.88 Å². The number of ether oxygens (including phenoxy) is 1. The Kier molecular flexibility index (Phi) is 6.25. The van der Waals surface area contributed by atoms with Crippen LogP contribution in [-0.2, 0) is 9.59 Å². The fourth-order valence-electron chi connectivity index (χ4n) is 3.05. The first kappa shape index (κ1) is 18.7. The van der Waals surface area contributed by atoms with Gasteiger partial charge in [0.05, 0.1) is 24.9 Å². The van der Waals surface area contributed by atoms with Gasteiger partial charge in [0.2, 0.25) is 11.8 Å². The maximum Gasteiger partial charge on any atom is 0.227 e. The van der Waals surface area contributed by atoms with Crippen LogP contribution in [0.3, 0.4) is 0 Å². The number of hydrogen-bond donors (Lipinski definition) is 2. The van der Waals surface area contributed by atoms with E-state index in [4.69, 9.17) is 10.5 Å². The molecule has 0 atom stereocenters. The summed E-state index contributed by atoms with van der Waals surface area (Å²) in [7, 11) is 0. The van der Waals surface area contributed by atoms with Crippen molar-refractivity contribution in [3.05, 3.63) is 48.7 Å². The molecule has 2 amide bonds. The van der Waals surface area contributed by atoms with Gasteiger partial charge in [0.25, 0.3) is 0 Å². The van der Waals surface area contributed by atoms with Gasteiger partial charge in [-0.1, -0.05) is 18.2 Å². The number of pyridine rings is 1. The molecule has 1 aliphatic rings. The molecular formula is C20H24N4O3. The molecule has 0 bridgehead atoms. The summed E-state index contributed by atoms with van der Waals surface area (Å²) in [5.74, 6) is 1.09. The highest BCUT2D eigenvalue weighted by Gasteiger charge is 2.27. The van der Waals surface area contributed by atoms with Gasteiger partial charge >= 0.3 is 0 Å². The molecule has 0 aliphatic carbocycles. The lowest BCUT2D eigenvalue weighted by Crippen LogP contribution is -2.41. The molecule has 0 radical (unpaired) electrons. The van der Waals surface area contributed by atoms with E-state index in [-0.39, 0.29) is 17.7 Å². The Bertz CT molecular complexity index is 757. The number of hydrogen-bond acceptors (Lipinski definition) is 5. The second-order valence-corrected chi connectivity index (χ2v) is 6.53. The maximum absolute atomic E-state index is 12.4. The van der Waals surface area contributed by atoms with Gasteiger partial charge in [-0.15, -0.1) is 0 Å². The number of nitrogens with one attached hydrogen (secondary N) is 1. The molecule has 2 heterocycles. The van der Waals surface area contributed by atoms with E-state index in [1.165, 1.54) is 0 Å². The van der Waals surface area contributed by atoms with E-state index in [1.54, 1.807) is 18.3 Å². The Morgan fingerprint density at radius 2 is 1.89 bits per heavy atom. The van der Waals surface area contributed by atoms with Crippen LogP contribution in [0.1, 0.15) is 19.3 Å². The zero-order chi connectivity index (χ0) is 19.1. The van der Waals surface area contributed by atoms with Crippen molar-refractivity contribution in [2.75, 3.05) is 30.7 Å². The van der Waals surface area contributed by atoms with Gasteiger partial charge in [-0.05, 0) is 37.1 Å². The first-order chi connectivity index (χ1) is 13.1. The lowest BCUT2D eigenvalue weighted by Gasteiger charge is -2.31. The largest absolute Gasteiger partial charge is 0.493 e. The molecule has 1 aromatic carbocycles. The predicted molar refractivity (Wildman–Crippen MR) is 103 cm³/mol. The molecule has 7 nitrogen and oxygen atoms in total. The van der Waals surface area contributed by atoms with Crippen LogP contribution < -0.4 is 15.8 Å². The van der Waals surface area contributed by atoms with E-state index < -0.39 is 0 Å². The number of benzene rings is 1. The molecule has 7 heteroatoms. The van der Waals surface area contributed by atoms with E-state index in [0.717, 1.165) is 5.75 Å². The Labute approximate surface area is 158 Å². The summed E-state index contributed by atoms with van der Waals surface area (Å²) in [6, 6.07) is 12.8. The van der Waals surface area contributed by atoms with Crippen LogP contribution in [0, 0.1) is 5.92 Å². The smallest absolute Gasteiger partial charge is 0.227 e. The highest BCUT2D eigenvalue weighted by atomic mass is 16.5. The second-order valence-electron chi connectivity index (χ2n) is 6.53. The summed E-state index contributed by atoms with van der Waals surface area (Å²) >= 11 is 0. The number of carbonyl (C=O) groups excluding carboxylic acids is 2. The molecule has 0 saturated carbocycles. The van der Waals surface area contributed by atoms with Crippen molar-refractivity contribution in [2.24, 2.45) is 5.92 Å². The zero-order valence-electron chi connectivity index (χ0n) is 15.1. The minimum absolute atomic E-state index is 0.0407. The molecule has 1 saturated heterocycles.